The third-order valence-electron chi connectivity index (χ3n) is 17.7. The molecule has 1 aliphatic carbocycles. The minimum atomic E-state index is 0. The van der Waals surface area contributed by atoms with E-state index in [1.807, 2.05) is 19.9 Å². The first-order valence-corrected chi connectivity index (χ1v) is 30.7. The highest BCUT2D eigenvalue weighted by atomic mass is 14.2. The average molecular weight is 1130 g/mol. The number of allylic oxidation sites excluding steroid dienone is 5. The summed E-state index contributed by atoms with van der Waals surface area (Å²) >= 11 is 0. The molecule has 0 atom stereocenters. The van der Waals surface area contributed by atoms with Crippen molar-refractivity contribution >= 4 is 104 Å². The van der Waals surface area contributed by atoms with Gasteiger partial charge in [-0.05, 0) is 208 Å². The molecule has 0 N–H and O–H groups in total. The van der Waals surface area contributed by atoms with Crippen LogP contribution in [0.2, 0.25) is 0 Å². The lowest BCUT2D eigenvalue weighted by Crippen LogP contribution is -1.95. The maximum absolute atomic E-state index is 4.17. The van der Waals surface area contributed by atoms with Crippen LogP contribution in [0.4, 0.5) is 0 Å². The van der Waals surface area contributed by atoms with Gasteiger partial charge in [0.15, 0.2) is 0 Å². The van der Waals surface area contributed by atoms with E-state index in [0.717, 1.165) is 12.8 Å². The number of rotatable bonds is 6. The van der Waals surface area contributed by atoms with Crippen molar-refractivity contribution in [3.63, 3.8) is 0 Å². The molecular formula is C88H70. The van der Waals surface area contributed by atoms with Gasteiger partial charge in [0.1, 0.15) is 0 Å². The second-order valence-electron chi connectivity index (χ2n) is 22.5. The van der Waals surface area contributed by atoms with Crippen molar-refractivity contribution in [1.29, 1.82) is 0 Å². The van der Waals surface area contributed by atoms with E-state index in [4.69, 9.17) is 0 Å². The predicted molar refractivity (Wildman–Crippen MR) is 389 cm³/mol. The van der Waals surface area contributed by atoms with Gasteiger partial charge in [0, 0.05) is 0 Å². The van der Waals surface area contributed by atoms with Gasteiger partial charge in [-0.25, -0.2) is 0 Å². The standard InChI is InChI=1S/C43H34.C42H26.C2H6.CH4/c1-3-12-39-36(4-2)42-28-27-35(29-43(42)41-20-10-9-19-40(39)41)32-23-21-31(22-24-32)30-15-11-16-33-13-5-7-17-37(33)38-18-8-6-14-34(38)26-25-30;1-3-16-35-31(12-1)33-14-5-7-18-37(33)41-25-29(20-22-39(35)41)27-10-9-11-28(24-27)30-21-23-40-36-17-4-2-13-32(36)34-15-6-8-19-38(34)42(40)26-30;1-2;/h3-15,17-25,27-29H,2,16,26H2,1H3;1-26H;1-2H3;1H4/b12-3-,15-11-,30-25+;;;. The van der Waals surface area contributed by atoms with Crippen molar-refractivity contribution in [2.75, 3.05) is 0 Å². The van der Waals surface area contributed by atoms with Gasteiger partial charge in [-0.3, -0.25) is 0 Å². The molecule has 0 bridgehead atoms. The van der Waals surface area contributed by atoms with Crippen LogP contribution >= 0.6 is 0 Å². The van der Waals surface area contributed by atoms with Gasteiger partial charge in [0.25, 0.3) is 0 Å². The van der Waals surface area contributed by atoms with Crippen molar-refractivity contribution in [2.45, 2.75) is 41.0 Å². The smallest absolute Gasteiger partial charge is 0.00821 e. The van der Waals surface area contributed by atoms with Gasteiger partial charge in [-0.15, -0.1) is 0 Å². The molecule has 0 aliphatic heterocycles. The van der Waals surface area contributed by atoms with Crippen molar-refractivity contribution in [2.24, 2.45) is 0 Å². The zero-order chi connectivity index (χ0) is 58.8. The lowest BCUT2D eigenvalue weighted by molar-refractivity contribution is 1.23. The number of hydrogen-bond donors (Lipinski definition) is 0. The summed E-state index contributed by atoms with van der Waals surface area (Å²) < 4.78 is 0. The first-order valence-electron chi connectivity index (χ1n) is 30.7. The van der Waals surface area contributed by atoms with Gasteiger partial charge in [-0.1, -0.05) is 313 Å². The van der Waals surface area contributed by atoms with Crippen molar-refractivity contribution in [3.8, 4) is 44.5 Å². The number of benzene rings is 15. The third kappa shape index (κ3) is 10.3. The summed E-state index contributed by atoms with van der Waals surface area (Å²) in [6.07, 6.45) is 15.1. The first-order chi connectivity index (χ1) is 43.1. The molecule has 1 aliphatic rings. The molecule has 0 nitrogen and oxygen atoms in total. The second-order valence-corrected chi connectivity index (χ2v) is 22.5. The summed E-state index contributed by atoms with van der Waals surface area (Å²) in [6, 6.07) is 100. The molecule has 0 heterocycles. The summed E-state index contributed by atoms with van der Waals surface area (Å²) in [7, 11) is 0. The van der Waals surface area contributed by atoms with Crippen LogP contribution in [0.1, 0.15) is 56.0 Å². The first kappa shape index (κ1) is 56.5. The quantitative estimate of drug-likeness (QED) is 0.146. The zero-order valence-electron chi connectivity index (χ0n) is 49.6. The second kappa shape index (κ2) is 24.7. The largest absolute Gasteiger partial charge is 0.0984 e. The Bertz CT molecular complexity index is 5010. The molecule has 88 heavy (non-hydrogen) atoms. The molecular weight excluding hydrogens is 1060 g/mol. The molecule has 0 amide bonds. The summed E-state index contributed by atoms with van der Waals surface area (Å²) in [5.41, 5.74) is 17.7. The SMILES string of the molecule is C.C=Cc1c(/C=C\C)c2ccccc2c2cc(-c3ccc(C4=C/Cc5ccccc5-c5ccccc5C/C=C\4)cc3)ccc12.CC.c1cc(-c2ccc3c4ccccc4c4ccccc4c3c2)cc(-c2ccc3c4ccccc4c4ccccc4c3c2)c1. The van der Waals surface area contributed by atoms with Gasteiger partial charge in [-0.2, -0.15) is 0 Å². The van der Waals surface area contributed by atoms with Gasteiger partial charge in [0.05, 0.1) is 0 Å². The van der Waals surface area contributed by atoms with Crippen molar-refractivity contribution < 1.29 is 0 Å². The highest BCUT2D eigenvalue weighted by molar-refractivity contribution is 6.27. The monoisotopic (exact) mass is 1130 g/mol. The van der Waals surface area contributed by atoms with E-state index < -0.39 is 0 Å². The summed E-state index contributed by atoms with van der Waals surface area (Å²) in [4.78, 5) is 0. The Morgan fingerprint density at radius 3 is 1.09 bits per heavy atom. The van der Waals surface area contributed by atoms with Gasteiger partial charge < -0.3 is 0 Å². The fraction of sp³-hybridized carbons (Fsp3) is 0.0682. The Morgan fingerprint density at radius 2 is 0.625 bits per heavy atom. The topological polar surface area (TPSA) is 0 Å². The minimum Gasteiger partial charge on any atom is -0.0984 e. The van der Waals surface area contributed by atoms with Crippen LogP contribution in [0.3, 0.4) is 0 Å². The van der Waals surface area contributed by atoms with Crippen LogP contribution in [0.5, 0.6) is 0 Å². The zero-order valence-corrected chi connectivity index (χ0v) is 49.6. The number of fused-ring (bicyclic) bond motifs is 18. The van der Waals surface area contributed by atoms with E-state index in [1.54, 1.807) is 0 Å². The van der Waals surface area contributed by atoms with E-state index in [1.165, 1.54) is 164 Å². The predicted octanol–water partition coefficient (Wildman–Crippen LogP) is 25.3. The lowest BCUT2D eigenvalue weighted by atomic mass is 9.89. The van der Waals surface area contributed by atoms with Crippen LogP contribution in [0.25, 0.3) is 148 Å². The van der Waals surface area contributed by atoms with E-state index >= 15 is 0 Å². The Labute approximate surface area is 518 Å². The maximum Gasteiger partial charge on any atom is -0.00821 e. The Morgan fingerprint density at radius 1 is 0.295 bits per heavy atom. The summed E-state index contributed by atoms with van der Waals surface area (Å²) in [5, 5.41) is 20.7. The molecule has 0 spiro atoms. The molecule has 15 aromatic carbocycles. The molecule has 422 valence electrons. The fourth-order valence-corrected chi connectivity index (χ4v) is 13.6. The molecule has 0 heteroatoms. The molecule has 0 radical (unpaired) electrons. The lowest BCUT2D eigenvalue weighted by Gasteiger charge is -2.15. The van der Waals surface area contributed by atoms with Crippen LogP contribution in [-0.2, 0) is 12.8 Å². The van der Waals surface area contributed by atoms with Crippen LogP contribution in [0, 0.1) is 0 Å². The molecule has 0 saturated heterocycles. The Kier molecular flexibility index (Phi) is 15.9. The molecule has 0 unspecified atom stereocenters. The van der Waals surface area contributed by atoms with Crippen LogP contribution < -0.4 is 0 Å². The summed E-state index contributed by atoms with van der Waals surface area (Å²) in [6.45, 7) is 10.2. The molecule has 15 aromatic rings. The van der Waals surface area contributed by atoms with Crippen molar-refractivity contribution in [3.05, 3.63) is 332 Å². The minimum absolute atomic E-state index is 0. The van der Waals surface area contributed by atoms with Crippen LogP contribution in [0.15, 0.2) is 304 Å². The fourth-order valence-electron chi connectivity index (χ4n) is 13.6. The molecule has 0 aromatic heterocycles. The van der Waals surface area contributed by atoms with E-state index in [2.05, 4.69) is 317 Å². The van der Waals surface area contributed by atoms with Gasteiger partial charge >= 0.3 is 0 Å². The third-order valence-corrected chi connectivity index (χ3v) is 17.7. The average Bonchev–Trinajstić information content (AvgIpc) is 2.73. The van der Waals surface area contributed by atoms with E-state index in [0.29, 0.717) is 0 Å². The normalized spacial score (nSPS) is 13.1. The highest BCUT2D eigenvalue weighted by Crippen LogP contribution is 2.42. The van der Waals surface area contributed by atoms with Crippen molar-refractivity contribution in [1.82, 2.24) is 0 Å². The Hall–Kier alpha value is -10.7. The van der Waals surface area contributed by atoms with Gasteiger partial charge in [0.2, 0.25) is 0 Å². The van der Waals surface area contributed by atoms with E-state index in [-0.39, 0.29) is 7.43 Å². The number of hydrogen-bond acceptors (Lipinski definition) is 0. The molecule has 0 fully saturated rings. The Balaban J connectivity index is 0.000000156. The maximum atomic E-state index is 4.17. The molecule has 16 rings (SSSR count). The molecule has 0 saturated carbocycles. The van der Waals surface area contributed by atoms with E-state index in [9.17, 15) is 0 Å². The highest BCUT2D eigenvalue weighted by Gasteiger charge is 2.16. The summed E-state index contributed by atoms with van der Waals surface area (Å²) in [5.74, 6) is 0. The van der Waals surface area contributed by atoms with Crippen LogP contribution in [-0.4, -0.2) is 0 Å².